The highest BCUT2D eigenvalue weighted by atomic mass is 16.2. The molecule has 0 spiro atoms. The van der Waals surface area contributed by atoms with Gasteiger partial charge in [-0.05, 0) is 37.1 Å². The molecule has 3 heteroatoms. The molecule has 0 unspecified atom stereocenters. The highest BCUT2D eigenvalue weighted by Gasteiger charge is 2.20. The van der Waals surface area contributed by atoms with Crippen molar-refractivity contribution < 1.29 is 4.79 Å². The fraction of sp³-hybridized carbons (Fsp3) is 0.278. The summed E-state index contributed by atoms with van der Waals surface area (Å²) in [4.78, 5) is 14.4. The third-order valence-electron chi connectivity index (χ3n) is 3.70. The molecule has 0 saturated heterocycles. The van der Waals surface area contributed by atoms with E-state index in [9.17, 15) is 4.79 Å². The fourth-order valence-electron chi connectivity index (χ4n) is 2.46. The lowest BCUT2D eigenvalue weighted by atomic mass is 10.0. The van der Waals surface area contributed by atoms with Gasteiger partial charge in [-0.25, -0.2) is 0 Å². The predicted molar refractivity (Wildman–Crippen MR) is 86.1 cm³/mol. The lowest BCUT2D eigenvalue weighted by molar-refractivity contribution is 0.0725. The molecule has 1 atom stereocenters. The number of carbonyl (C=O) groups is 1. The summed E-state index contributed by atoms with van der Waals surface area (Å²) in [6, 6.07) is 19.7. The van der Waals surface area contributed by atoms with E-state index >= 15 is 0 Å². The standard InChI is InChI=1S/C18H22N2O/c1-20(18(21)16-10-6-3-7-11-16)17(12-13-19)14-15-8-4-2-5-9-15/h2-11,17H,12-14,19H2,1H3/t17-/m1/s1. The summed E-state index contributed by atoms with van der Waals surface area (Å²) in [6.07, 6.45) is 1.62. The van der Waals surface area contributed by atoms with Crippen LogP contribution >= 0.6 is 0 Å². The molecule has 0 aliphatic rings. The van der Waals surface area contributed by atoms with Crippen molar-refractivity contribution in [1.82, 2.24) is 4.90 Å². The monoisotopic (exact) mass is 282 g/mol. The van der Waals surface area contributed by atoms with Crippen molar-refractivity contribution in [2.24, 2.45) is 5.73 Å². The van der Waals surface area contributed by atoms with Gasteiger partial charge in [-0.2, -0.15) is 0 Å². The minimum Gasteiger partial charge on any atom is -0.338 e. The molecule has 2 rings (SSSR count). The molecule has 0 heterocycles. The predicted octanol–water partition coefficient (Wildman–Crippen LogP) is 2.72. The van der Waals surface area contributed by atoms with E-state index in [4.69, 9.17) is 5.73 Å². The third kappa shape index (κ3) is 4.17. The Kier molecular flexibility index (Phi) is 5.52. The second kappa shape index (κ2) is 7.60. The Morgan fingerprint density at radius 2 is 1.62 bits per heavy atom. The molecule has 0 saturated carbocycles. The van der Waals surface area contributed by atoms with Crippen LogP contribution in [0.25, 0.3) is 0 Å². The quantitative estimate of drug-likeness (QED) is 0.885. The van der Waals surface area contributed by atoms with Gasteiger partial charge in [0.15, 0.2) is 0 Å². The van der Waals surface area contributed by atoms with Gasteiger partial charge in [-0.1, -0.05) is 48.5 Å². The summed E-state index contributed by atoms with van der Waals surface area (Å²) in [6.45, 7) is 0.573. The molecular formula is C18H22N2O. The van der Waals surface area contributed by atoms with Gasteiger partial charge >= 0.3 is 0 Å². The third-order valence-corrected chi connectivity index (χ3v) is 3.70. The van der Waals surface area contributed by atoms with Gasteiger partial charge in [0.2, 0.25) is 0 Å². The van der Waals surface area contributed by atoms with Crippen LogP contribution in [0, 0.1) is 0 Å². The number of amides is 1. The number of rotatable bonds is 6. The first kappa shape index (κ1) is 15.3. The minimum absolute atomic E-state index is 0.0463. The minimum atomic E-state index is 0.0463. The molecule has 21 heavy (non-hydrogen) atoms. The average Bonchev–Trinajstić information content (AvgIpc) is 2.55. The number of hydrogen-bond donors (Lipinski definition) is 1. The van der Waals surface area contributed by atoms with Gasteiger partial charge in [0.1, 0.15) is 0 Å². The number of hydrogen-bond acceptors (Lipinski definition) is 2. The summed E-state index contributed by atoms with van der Waals surface area (Å²) >= 11 is 0. The molecule has 2 aromatic carbocycles. The zero-order valence-corrected chi connectivity index (χ0v) is 12.4. The van der Waals surface area contributed by atoms with Gasteiger partial charge in [0.05, 0.1) is 0 Å². The van der Waals surface area contributed by atoms with Crippen LogP contribution in [0.5, 0.6) is 0 Å². The summed E-state index contributed by atoms with van der Waals surface area (Å²) < 4.78 is 0. The molecule has 0 aliphatic heterocycles. The zero-order valence-electron chi connectivity index (χ0n) is 12.4. The lowest BCUT2D eigenvalue weighted by Crippen LogP contribution is -2.39. The molecule has 0 fully saturated rings. The van der Waals surface area contributed by atoms with Crippen LogP contribution in [-0.2, 0) is 6.42 Å². The van der Waals surface area contributed by atoms with E-state index < -0.39 is 0 Å². The first-order valence-corrected chi connectivity index (χ1v) is 7.28. The molecule has 0 aliphatic carbocycles. The maximum atomic E-state index is 12.5. The topological polar surface area (TPSA) is 46.3 Å². The summed E-state index contributed by atoms with van der Waals surface area (Å²) in [5.74, 6) is 0.0463. The van der Waals surface area contributed by atoms with Gasteiger partial charge < -0.3 is 10.6 Å². The average molecular weight is 282 g/mol. The fourth-order valence-corrected chi connectivity index (χ4v) is 2.46. The summed E-state index contributed by atoms with van der Waals surface area (Å²) in [5, 5.41) is 0. The van der Waals surface area contributed by atoms with Crippen LogP contribution < -0.4 is 5.73 Å². The molecule has 3 nitrogen and oxygen atoms in total. The Morgan fingerprint density at radius 3 is 2.19 bits per heavy atom. The van der Waals surface area contributed by atoms with Gasteiger partial charge in [0, 0.05) is 18.7 Å². The van der Waals surface area contributed by atoms with Crippen LogP contribution in [0.15, 0.2) is 60.7 Å². The Balaban J connectivity index is 2.12. The number of nitrogens with two attached hydrogens (primary N) is 1. The number of likely N-dealkylation sites (N-methyl/N-ethyl adjacent to an activating group) is 1. The second-order valence-electron chi connectivity index (χ2n) is 5.20. The van der Waals surface area contributed by atoms with Crippen molar-refractivity contribution in [2.45, 2.75) is 18.9 Å². The first-order valence-electron chi connectivity index (χ1n) is 7.28. The van der Waals surface area contributed by atoms with E-state index in [1.54, 1.807) is 0 Å². The Bertz CT molecular complexity index is 554. The van der Waals surface area contributed by atoms with Crippen molar-refractivity contribution in [2.75, 3.05) is 13.6 Å². The highest BCUT2D eigenvalue weighted by molar-refractivity contribution is 5.94. The van der Waals surface area contributed by atoms with Crippen molar-refractivity contribution >= 4 is 5.91 Å². The molecule has 2 N–H and O–H groups in total. The Labute approximate surface area is 126 Å². The van der Waals surface area contributed by atoms with Crippen molar-refractivity contribution in [3.63, 3.8) is 0 Å². The van der Waals surface area contributed by atoms with Crippen LogP contribution in [0.4, 0.5) is 0 Å². The van der Waals surface area contributed by atoms with E-state index in [-0.39, 0.29) is 11.9 Å². The molecule has 1 amide bonds. The highest BCUT2D eigenvalue weighted by Crippen LogP contribution is 2.14. The van der Waals surface area contributed by atoms with Crippen LogP contribution in [0.2, 0.25) is 0 Å². The normalized spacial score (nSPS) is 11.9. The van der Waals surface area contributed by atoms with Crippen molar-refractivity contribution in [1.29, 1.82) is 0 Å². The smallest absolute Gasteiger partial charge is 0.253 e. The van der Waals surface area contributed by atoms with Crippen LogP contribution in [0.3, 0.4) is 0 Å². The number of nitrogens with zero attached hydrogens (tertiary/aromatic N) is 1. The second-order valence-corrected chi connectivity index (χ2v) is 5.20. The van der Waals surface area contributed by atoms with E-state index in [1.807, 2.05) is 60.5 Å². The van der Waals surface area contributed by atoms with Gasteiger partial charge in [-0.15, -0.1) is 0 Å². The maximum Gasteiger partial charge on any atom is 0.253 e. The van der Waals surface area contributed by atoms with Gasteiger partial charge in [-0.3, -0.25) is 4.79 Å². The number of benzene rings is 2. The van der Waals surface area contributed by atoms with Crippen LogP contribution in [0.1, 0.15) is 22.3 Å². The largest absolute Gasteiger partial charge is 0.338 e. The zero-order chi connectivity index (χ0) is 15.1. The van der Waals surface area contributed by atoms with E-state index in [1.165, 1.54) is 5.56 Å². The Hall–Kier alpha value is -2.13. The SMILES string of the molecule is CN(C(=O)c1ccccc1)[C@H](CCN)Cc1ccccc1. The summed E-state index contributed by atoms with van der Waals surface area (Å²) in [7, 11) is 1.86. The van der Waals surface area contributed by atoms with E-state index in [2.05, 4.69) is 12.1 Å². The molecule has 2 aromatic rings. The maximum absolute atomic E-state index is 12.5. The molecule has 0 radical (unpaired) electrons. The summed E-state index contributed by atoms with van der Waals surface area (Å²) in [5.41, 5.74) is 7.67. The number of carbonyl (C=O) groups excluding carboxylic acids is 1. The Morgan fingerprint density at radius 1 is 1.05 bits per heavy atom. The first-order chi connectivity index (χ1) is 10.2. The van der Waals surface area contributed by atoms with E-state index in [0.717, 1.165) is 18.4 Å². The molecule has 0 aromatic heterocycles. The van der Waals surface area contributed by atoms with Crippen molar-refractivity contribution in [3.8, 4) is 0 Å². The lowest BCUT2D eigenvalue weighted by Gasteiger charge is -2.28. The van der Waals surface area contributed by atoms with Crippen molar-refractivity contribution in [3.05, 3.63) is 71.8 Å². The molecule has 0 bridgehead atoms. The molecular weight excluding hydrogens is 260 g/mol. The molecule has 110 valence electrons. The van der Waals surface area contributed by atoms with Gasteiger partial charge in [0.25, 0.3) is 5.91 Å². The van der Waals surface area contributed by atoms with Crippen LogP contribution in [-0.4, -0.2) is 30.4 Å². The van der Waals surface area contributed by atoms with E-state index in [0.29, 0.717) is 6.54 Å².